The van der Waals surface area contributed by atoms with Crippen molar-refractivity contribution in [1.29, 1.82) is 0 Å². The van der Waals surface area contributed by atoms with Gasteiger partial charge in [0, 0.05) is 44.0 Å². The van der Waals surface area contributed by atoms with E-state index in [1.165, 1.54) is 19.3 Å². The van der Waals surface area contributed by atoms with Crippen molar-refractivity contribution in [2.45, 2.75) is 98.3 Å². The monoisotopic (exact) mass is 476 g/mol. The Kier molecular flexibility index (Phi) is 31.7. The summed E-state index contributed by atoms with van der Waals surface area (Å²) in [6.45, 7) is 7.49. The Hall–Kier alpha value is -1.17. The molecule has 8 heteroatoms. The molecule has 0 heterocycles. The first-order chi connectivity index (χ1) is 12.6. The van der Waals surface area contributed by atoms with E-state index in [4.69, 9.17) is 0 Å². The van der Waals surface area contributed by atoms with Crippen LogP contribution in [0.2, 0.25) is 0 Å². The van der Waals surface area contributed by atoms with Crippen molar-refractivity contribution >= 4 is 29.3 Å². The molecule has 0 aromatic rings. The number of ketones is 3. The van der Waals surface area contributed by atoms with Gasteiger partial charge in [-0.25, -0.2) is 0 Å². The van der Waals surface area contributed by atoms with Gasteiger partial charge in [0.15, 0.2) is 0 Å². The average Bonchev–Trinajstić information content (AvgIpc) is 2.51. The predicted molar refractivity (Wildman–Crippen MR) is 98.5 cm³/mol. The van der Waals surface area contributed by atoms with Gasteiger partial charge in [0.05, 0.1) is 0 Å². The van der Waals surface area contributed by atoms with Crippen molar-refractivity contribution in [2.75, 3.05) is 0 Å². The summed E-state index contributed by atoms with van der Waals surface area (Å²) >= 11 is 0. The standard InChI is InChI=1S/C8H16O.2C6H10O3.Zr/c1-3-4-5-6-7-8(2)9;2*1-2-3-5(7)4-6(8)9;/h3-7H2,1-2H3;2*2-4H2,1H3,(H,8,9);/q;;;+2/p-2. The Morgan fingerprint density at radius 1 is 0.607 bits per heavy atom. The fourth-order valence-corrected chi connectivity index (χ4v) is 1.86. The first-order valence-electron chi connectivity index (χ1n) is 9.53. The van der Waals surface area contributed by atoms with Crippen molar-refractivity contribution in [3.8, 4) is 0 Å². The molecule has 0 fully saturated rings. The molecule has 0 aromatic heterocycles. The van der Waals surface area contributed by atoms with E-state index in [-0.39, 0.29) is 37.8 Å². The molecule has 0 rings (SSSR count). The number of aliphatic carboxylic acids is 2. The van der Waals surface area contributed by atoms with Gasteiger partial charge in [0.2, 0.25) is 0 Å². The van der Waals surface area contributed by atoms with Gasteiger partial charge in [-0.05, 0) is 26.2 Å². The van der Waals surface area contributed by atoms with E-state index in [1.807, 2.05) is 13.8 Å². The molecule has 0 atom stereocenters. The SMILES string of the molecule is CCCC(=O)CC(=O)[O-].CCCC(=O)CC(=O)[O-].CCCCCCC(C)=O.[Zr+2]. The summed E-state index contributed by atoms with van der Waals surface area (Å²) in [5.41, 5.74) is 0. The Labute approximate surface area is 187 Å². The Morgan fingerprint density at radius 2 is 1.00 bits per heavy atom. The predicted octanol–water partition coefficient (Wildman–Crippen LogP) is 1.53. The topological polar surface area (TPSA) is 131 Å². The zero-order valence-electron chi connectivity index (χ0n) is 17.6. The second kappa shape index (κ2) is 25.8. The van der Waals surface area contributed by atoms with Gasteiger partial charge in [0.25, 0.3) is 0 Å². The fourth-order valence-electron chi connectivity index (χ4n) is 1.86. The largest absolute Gasteiger partial charge is 2.00 e. The summed E-state index contributed by atoms with van der Waals surface area (Å²) in [7, 11) is 0. The summed E-state index contributed by atoms with van der Waals surface area (Å²) in [6.07, 6.45) is 6.81. The Morgan fingerprint density at radius 3 is 1.25 bits per heavy atom. The molecule has 0 aliphatic heterocycles. The quantitative estimate of drug-likeness (QED) is 0.290. The van der Waals surface area contributed by atoms with Crippen LogP contribution >= 0.6 is 0 Å². The minimum atomic E-state index is -1.28. The maximum atomic E-state index is 10.4. The smallest absolute Gasteiger partial charge is 0.550 e. The third-order valence-corrected chi connectivity index (χ3v) is 3.12. The molecule has 160 valence electrons. The molecule has 0 N–H and O–H groups in total. The molecule has 0 saturated carbocycles. The van der Waals surface area contributed by atoms with Crippen LogP contribution in [-0.4, -0.2) is 29.3 Å². The summed E-state index contributed by atoms with van der Waals surface area (Å²) in [6, 6.07) is 0. The number of carbonyl (C=O) groups excluding carboxylic acids is 5. The van der Waals surface area contributed by atoms with Crippen LogP contribution in [-0.2, 0) is 50.2 Å². The van der Waals surface area contributed by atoms with Crippen LogP contribution in [0.25, 0.3) is 0 Å². The molecule has 0 bridgehead atoms. The van der Waals surface area contributed by atoms with E-state index < -0.39 is 24.8 Å². The minimum Gasteiger partial charge on any atom is -0.550 e. The summed E-state index contributed by atoms with van der Waals surface area (Å²) in [5.74, 6) is -2.75. The maximum Gasteiger partial charge on any atom is 2.00 e. The van der Waals surface area contributed by atoms with Crippen LogP contribution in [0.4, 0.5) is 0 Å². The van der Waals surface area contributed by atoms with Crippen LogP contribution in [0.15, 0.2) is 0 Å². The number of carboxylic acids is 2. The van der Waals surface area contributed by atoms with Crippen LogP contribution < -0.4 is 10.2 Å². The first kappa shape index (κ1) is 34.3. The van der Waals surface area contributed by atoms with Gasteiger partial charge in [0.1, 0.15) is 17.3 Å². The maximum absolute atomic E-state index is 10.4. The second-order valence-electron chi connectivity index (χ2n) is 6.19. The summed E-state index contributed by atoms with van der Waals surface area (Å²) in [4.78, 5) is 50.8. The molecule has 0 unspecified atom stereocenters. The average molecular weight is 478 g/mol. The van der Waals surface area contributed by atoms with Gasteiger partial charge in [-0.3, -0.25) is 9.59 Å². The molecule has 0 radical (unpaired) electrons. The number of hydrogen-bond acceptors (Lipinski definition) is 7. The van der Waals surface area contributed by atoms with Gasteiger partial charge in [-0.2, -0.15) is 0 Å². The number of hydrogen-bond donors (Lipinski definition) is 0. The zero-order valence-corrected chi connectivity index (χ0v) is 20.1. The fraction of sp³-hybridized carbons (Fsp3) is 0.750. The zero-order chi connectivity index (χ0) is 21.7. The number of carbonyl (C=O) groups is 5. The van der Waals surface area contributed by atoms with Crippen molar-refractivity contribution in [2.24, 2.45) is 0 Å². The van der Waals surface area contributed by atoms with Crippen molar-refractivity contribution in [1.82, 2.24) is 0 Å². The Balaban J connectivity index is -0.000000152. The van der Waals surface area contributed by atoms with E-state index in [1.54, 1.807) is 6.92 Å². The van der Waals surface area contributed by atoms with Crippen LogP contribution in [0, 0.1) is 0 Å². The number of Topliss-reactive ketones (excluding diaryl/α,β-unsaturated/α-hetero) is 3. The number of carboxylic acid groups (broad SMARTS) is 2. The molecule has 0 spiro atoms. The van der Waals surface area contributed by atoms with Gasteiger partial charge < -0.3 is 24.6 Å². The van der Waals surface area contributed by atoms with Crippen molar-refractivity contribution in [3.05, 3.63) is 0 Å². The molecule has 28 heavy (non-hydrogen) atoms. The van der Waals surface area contributed by atoms with Crippen LogP contribution in [0.5, 0.6) is 0 Å². The van der Waals surface area contributed by atoms with Crippen molar-refractivity contribution < 1.29 is 60.4 Å². The molecule has 0 amide bonds. The molecular formula is C20H34O7Zr. The van der Waals surface area contributed by atoms with Crippen molar-refractivity contribution in [3.63, 3.8) is 0 Å². The molecular weight excluding hydrogens is 443 g/mol. The second-order valence-corrected chi connectivity index (χ2v) is 6.19. The number of rotatable bonds is 13. The van der Waals surface area contributed by atoms with E-state index in [0.29, 0.717) is 31.5 Å². The van der Waals surface area contributed by atoms with E-state index >= 15 is 0 Å². The van der Waals surface area contributed by atoms with Crippen LogP contribution in [0.1, 0.15) is 98.3 Å². The molecule has 0 saturated heterocycles. The normalized spacial score (nSPS) is 8.86. The number of unbranched alkanes of at least 4 members (excludes halogenated alkanes) is 3. The van der Waals surface area contributed by atoms with Gasteiger partial charge in [-0.15, -0.1) is 0 Å². The summed E-state index contributed by atoms with van der Waals surface area (Å²) < 4.78 is 0. The minimum absolute atomic E-state index is 0. The van der Waals surface area contributed by atoms with Gasteiger partial charge in [-0.1, -0.05) is 40.0 Å². The van der Waals surface area contributed by atoms with Crippen LogP contribution in [0.3, 0.4) is 0 Å². The van der Waals surface area contributed by atoms with E-state index in [0.717, 1.165) is 12.8 Å². The summed E-state index contributed by atoms with van der Waals surface area (Å²) in [5, 5.41) is 19.5. The van der Waals surface area contributed by atoms with Gasteiger partial charge >= 0.3 is 26.2 Å². The molecule has 0 aliphatic rings. The molecule has 0 aliphatic carbocycles. The third kappa shape index (κ3) is 39.8. The van der Waals surface area contributed by atoms with E-state index in [9.17, 15) is 34.2 Å². The Bertz CT molecular complexity index is 418. The molecule has 7 nitrogen and oxygen atoms in total. The third-order valence-electron chi connectivity index (χ3n) is 3.12. The first-order valence-corrected chi connectivity index (χ1v) is 9.53. The molecule has 0 aromatic carbocycles. The van der Waals surface area contributed by atoms with E-state index in [2.05, 4.69) is 6.92 Å².